The zero-order chi connectivity index (χ0) is 15.0. The van der Waals surface area contributed by atoms with E-state index in [0.717, 1.165) is 0 Å². The lowest BCUT2D eigenvalue weighted by atomic mass is 10.0. The number of nitrogens with zero attached hydrogens (tertiary/aromatic N) is 1. The minimum atomic E-state index is -0.528. The van der Waals surface area contributed by atoms with E-state index in [1.54, 1.807) is 6.07 Å². The zero-order valence-electron chi connectivity index (χ0n) is 10.6. The van der Waals surface area contributed by atoms with Gasteiger partial charge in [0.25, 0.3) is 5.69 Å². The second kappa shape index (κ2) is 4.75. The molecule has 0 spiro atoms. The molecule has 0 saturated heterocycles. The number of furan rings is 1. The fourth-order valence-corrected chi connectivity index (χ4v) is 2.08. The summed E-state index contributed by atoms with van der Waals surface area (Å²) in [5, 5.41) is 20.6. The van der Waals surface area contributed by atoms with Crippen LogP contribution in [0.3, 0.4) is 0 Å². The van der Waals surface area contributed by atoms with Crippen molar-refractivity contribution in [3.8, 4) is 5.75 Å². The number of nitro groups is 1. The standard InChI is InChI=1S/C15H9NO5/c17-11-5-6-14-12(7-11)13(8-21-14)15(18)9-1-3-10(4-2-9)16(19)20/h1-8,17H. The molecule has 0 bridgehead atoms. The molecule has 0 amide bonds. The van der Waals surface area contributed by atoms with E-state index in [0.29, 0.717) is 22.1 Å². The monoisotopic (exact) mass is 283 g/mol. The number of phenolic OH excluding ortho intramolecular Hbond substituents is 1. The van der Waals surface area contributed by atoms with E-state index in [9.17, 15) is 20.0 Å². The van der Waals surface area contributed by atoms with Gasteiger partial charge < -0.3 is 9.52 Å². The normalized spacial score (nSPS) is 10.7. The molecule has 0 aliphatic carbocycles. The highest BCUT2D eigenvalue weighted by Crippen LogP contribution is 2.27. The van der Waals surface area contributed by atoms with Gasteiger partial charge in [-0.25, -0.2) is 0 Å². The van der Waals surface area contributed by atoms with Gasteiger partial charge in [-0.3, -0.25) is 14.9 Å². The first kappa shape index (κ1) is 12.9. The molecular formula is C15H9NO5. The van der Waals surface area contributed by atoms with Crippen molar-refractivity contribution in [1.82, 2.24) is 0 Å². The highest BCUT2D eigenvalue weighted by atomic mass is 16.6. The maximum Gasteiger partial charge on any atom is 0.269 e. The van der Waals surface area contributed by atoms with Crippen LogP contribution < -0.4 is 0 Å². The van der Waals surface area contributed by atoms with Crippen molar-refractivity contribution >= 4 is 22.4 Å². The number of ketones is 1. The first-order valence-corrected chi connectivity index (χ1v) is 6.05. The lowest BCUT2D eigenvalue weighted by Gasteiger charge is -1.99. The molecule has 0 radical (unpaired) electrons. The number of rotatable bonds is 3. The van der Waals surface area contributed by atoms with Gasteiger partial charge in [-0.05, 0) is 30.3 Å². The second-order valence-electron chi connectivity index (χ2n) is 4.46. The quantitative estimate of drug-likeness (QED) is 0.452. The molecule has 3 rings (SSSR count). The first-order chi connectivity index (χ1) is 10.1. The van der Waals surface area contributed by atoms with Crippen molar-refractivity contribution in [3.05, 3.63) is 70.0 Å². The van der Waals surface area contributed by atoms with E-state index >= 15 is 0 Å². The number of non-ortho nitro benzene ring substituents is 1. The van der Waals surface area contributed by atoms with Gasteiger partial charge in [-0.1, -0.05) is 0 Å². The number of carbonyl (C=O) groups is 1. The summed E-state index contributed by atoms with van der Waals surface area (Å²) in [5.74, 6) is -0.295. The summed E-state index contributed by atoms with van der Waals surface area (Å²) in [6.45, 7) is 0. The van der Waals surface area contributed by atoms with Crippen molar-refractivity contribution in [3.63, 3.8) is 0 Å². The van der Waals surface area contributed by atoms with Gasteiger partial charge in [-0.2, -0.15) is 0 Å². The summed E-state index contributed by atoms with van der Waals surface area (Å²) in [7, 11) is 0. The van der Waals surface area contributed by atoms with E-state index in [1.807, 2.05) is 0 Å². The molecule has 104 valence electrons. The van der Waals surface area contributed by atoms with Crippen molar-refractivity contribution < 1.29 is 19.2 Å². The summed E-state index contributed by atoms with van der Waals surface area (Å²) >= 11 is 0. The molecule has 0 unspecified atom stereocenters. The molecule has 0 aliphatic rings. The van der Waals surface area contributed by atoms with Gasteiger partial charge in [0.2, 0.25) is 0 Å². The predicted octanol–water partition coefficient (Wildman–Crippen LogP) is 3.28. The van der Waals surface area contributed by atoms with E-state index in [4.69, 9.17) is 4.42 Å². The molecule has 1 aromatic heterocycles. The molecule has 6 heteroatoms. The number of phenols is 1. The third-order valence-electron chi connectivity index (χ3n) is 3.14. The van der Waals surface area contributed by atoms with E-state index in [-0.39, 0.29) is 17.2 Å². The molecule has 3 aromatic rings. The van der Waals surface area contributed by atoms with Crippen LogP contribution in [0.5, 0.6) is 5.75 Å². The number of hydrogen-bond donors (Lipinski definition) is 1. The Bertz CT molecular complexity index is 848. The zero-order valence-corrected chi connectivity index (χ0v) is 10.6. The fraction of sp³-hybridized carbons (Fsp3) is 0. The highest BCUT2D eigenvalue weighted by Gasteiger charge is 2.17. The van der Waals surface area contributed by atoms with Crippen LogP contribution in [0.2, 0.25) is 0 Å². The molecule has 0 aliphatic heterocycles. The highest BCUT2D eigenvalue weighted by molar-refractivity contribution is 6.16. The number of hydrogen-bond acceptors (Lipinski definition) is 5. The van der Waals surface area contributed by atoms with Crippen LogP contribution in [0.4, 0.5) is 5.69 Å². The Hall–Kier alpha value is -3.15. The Labute approximate surface area is 118 Å². The van der Waals surface area contributed by atoms with Crippen LogP contribution in [0.15, 0.2) is 53.1 Å². The van der Waals surface area contributed by atoms with Gasteiger partial charge in [0, 0.05) is 23.1 Å². The van der Waals surface area contributed by atoms with Crippen molar-refractivity contribution in [1.29, 1.82) is 0 Å². The fourth-order valence-electron chi connectivity index (χ4n) is 2.08. The Morgan fingerprint density at radius 3 is 2.52 bits per heavy atom. The van der Waals surface area contributed by atoms with Crippen LogP contribution in [-0.2, 0) is 0 Å². The van der Waals surface area contributed by atoms with E-state index in [2.05, 4.69) is 0 Å². The van der Waals surface area contributed by atoms with Crippen LogP contribution in [0, 0.1) is 10.1 Å². The average molecular weight is 283 g/mol. The molecule has 0 fully saturated rings. The largest absolute Gasteiger partial charge is 0.508 e. The van der Waals surface area contributed by atoms with E-state index in [1.165, 1.54) is 42.7 Å². The van der Waals surface area contributed by atoms with Gasteiger partial charge in [0.1, 0.15) is 17.6 Å². The first-order valence-electron chi connectivity index (χ1n) is 6.05. The van der Waals surface area contributed by atoms with Gasteiger partial charge in [0.15, 0.2) is 5.78 Å². The molecule has 21 heavy (non-hydrogen) atoms. The molecule has 1 N–H and O–H groups in total. The van der Waals surface area contributed by atoms with Crippen molar-refractivity contribution in [2.45, 2.75) is 0 Å². The average Bonchev–Trinajstić information content (AvgIpc) is 2.89. The summed E-state index contributed by atoms with van der Waals surface area (Å²) in [6.07, 6.45) is 1.31. The number of carbonyl (C=O) groups excluding carboxylic acids is 1. The minimum Gasteiger partial charge on any atom is -0.508 e. The predicted molar refractivity (Wildman–Crippen MR) is 74.4 cm³/mol. The molecule has 0 saturated carbocycles. The maximum absolute atomic E-state index is 12.4. The van der Waals surface area contributed by atoms with Crippen LogP contribution in [-0.4, -0.2) is 15.8 Å². The number of fused-ring (bicyclic) bond motifs is 1. The minimum absolute atomic E-state index is 0.0293. The van der Waals surface area contributed by atoms with Gasteiger partial charge >= 0.3 is 0 Å². The maximum atomic E-state index is 12.4. The molecule has 1 heterocycles. The summed E-state index contributed by atoms with van der Waals surface area (Å²) in [5.41, 5.74) is 1.01. The topological polar surface area (TPSA) is 93.6 Å². The van der Waals surface area contributed by atoms with Crippen molar-refractivity contribution in [2.24, 2.45) is 0 Å². The number of benzene rings is 2. The molecule has 2 aromatic carbocycles. The van der Waals surface area contributed by atoms with Crippen molar-refractivity contribution in [2.75, 3.05) is 0 Å². The third kappa shape index (κ3) is 2.23. The third-order valence-corrected chi connectivity index (χ3v) is 3.14. The Kier molecular flexibility index (Phi) is 2.91. The summed E-state index contributed by atoms with van der Waals surface area (Å²) < 4.78 is 5.27. The SMILES string of the molecule is O=C(c1ccc([N+](=O)[O-])cc1)c1coc2ccc(O)cc12. The molecular weight excluding hydrogens is 274 g/mol. The Morgan fingerprint density at radius 1 is 1.14 bits per heavy atom. The summed E-state index contributed by atoms with van der Waals surface area (Å²) in [6, 6.07) is 9.80. The number of nitro benzene ring substituents is 1. The summed E-state index contributed by atoms with van der Waals surface area (Å²) in [4.78, 5) is 22.5. The van der Waals surface area contributed by atoms with Crippen LogP contribution >= 0.6 is 0 Å². The smallest absolute Gasteiger partial charge is 0.269 e. The lowest BCUT2D eigenvalue weighted by Crippen LogP contribution is -2.00. The molecule has 6 nitrogen and oxygen atoms in total. The number of aromatic hydroxyl groups is 1. The molecule has 0 atom stereocenters. The Morgan fingerprint density at radius 2 is 1.86 bits per heavy atom. The lowest BCUT2D eigenvalue weighted by molar-refractivity contribution is -0.384. The van der Waals surface area contributed by atoms with Gasteiger partial charge in [0.05, 0.1) is 10.5 Å². The van der Waals surface area contributed by atoms with Gasteiger partial charge in [-0.15, -0.1) is 0 Å². The van der Waals surface area contributed by atoms with Crippen LogP contribution in [0.25, 0.3) is 11.0 Å². The van der Waals surface area contributed by atoms with Crippen LogP contribution in [0.1, 0.15) is 15.9 Å². The Balaban J connectivity index is 2.04. The second-order valence-corrected chi connectivity index (χ2v) is 4.46. The van der Waals surface area contributed by atoms with E-state index < -0.39 is 4.92 Å².